The topological polar surface area (TPSA) is 49.0 Å². The SMILES string of the molecule is O=c1[nH]c(CN2CCC(c3ccccc3)CC2)nc2sc3ccccc3c12. The van der Waals surface area contributed by atoms with Crippen LogP contribution < -0.4 is 5.56 Å². The van der Waals surface area contributed by atoms with Crippen molar-refractivity contribution in [3.63, 3.8) is 0 Å². The number of aromatic amines is 1. The van der Waals surface area contributed by atoms with Crippen molar-refractivity contribution < 1.29 is 0 Å². The van der Waals surface area contributed by atoms with Crippen molar-refractivity contribution in [2.45, 2.75) is 25.3 Å². The Morgan fingerprint density at radius 1 is 1.04 bits per heavy atom. The molecule has 0 spiro atoms. The van der Waals surface area contributed by atoms with E-state index in [-0.39, 0.29) is 5.56 Å². The van der Waals surface area contributed by atoms with Gasteiger partial charge in [-0.15, -0.1) is 11.3 Å². The number of likely N-dealkylation sites (tertiary alicyclic amines) is 1. The third-order valence-corrected chi connectivity index (χ3v) is 6.59. The fourth-order valence-corrected chi connectivity index (χ4v) is 5.21. The summed E-state index contributed by atoms with van der Waals surface area (Å²) < 4.78 is 1.12. The Morgan fingerprint density at radius 3 is 2.59 bits per heavy atom. The summed E-state index contributed by atoms with van der Waals surface area (Å²) >= 11 is 1.60. The lowest BCUT2D eigenvalue weighted by Crippen LogP contribution is -2.33. The molecule has 0 unspecified atom stereocenters. The Morgan fingerprint density at radius 2 is 1.78 bits per heavy atom. The molecule has 0 amide bonds. The van der Waals surface area contributed by atoms with Crippen LogP contribution in [0.5, 0.6) is 0 Å². The average Bonchev–Trinajstić information content (AvgIpc) is 3.08. The van der Waals surface area contributed by atoms with Gasteiger partial charge in [0.25, 0.3) is 5.56 Å². The maximum Gasteiger partial charge on any atom is 0.260 e. The number of rotatable bonds is 3. The molecule has 5 rings (SSSR count). The second kappa shape index (κ2) is 6.91. The predicted molar refractivity (Wildman–Crippen MR) is 111 cm³/mol. The summed E-state index contributed by atoms with van der Waals surface area (Å²) in [7, 11) is 0. The summed E-state index contributed by atoms with van der Waals surface area (Å²) in [6.45, 7) is 2.78. The molecule has 1 aliphatic heterocycles. The van der Waals surface area contributed by atoms with Gasteiger partial charge in [0.1, 0.15) is 10.7 Å². The number of nitrogens with one attached hydrogen (secondary N) is 1. The molecule has 2 aromatic carbocycles. The first kappa shape index (κ1) is 16.7. The third-order valence-electron chi connectivity index (χ3n) is 5.53. The van der Waals surface area contributed by atoms with E-state index in [1.165, 1.54) is 5.56 Å². The standard InChI is InChI=1S/C22H21N3OS/c26-21-20-17-8-4-5-9-18(17)27-22(20)24-19(23-21)14-25-12-10-16(11-13-25)15-6-2-1-3-7-15/h1-9,16H,10-14H2,(H,23,24,26). The number of piperidine rings is 1. The molecule has 1 saturated heterocycles. The van der Waals surface area contributed by atoms with Crippen molar-refractivity contribution in [1.29, 1.82) is 0 Å². The van der Waals surface area contributed by atoms with E-state index in [9.17, 15) is 4.79 Å². The molecule has 4 aromatic rings. The van der Waals surface area contributed by atoms with Gasteiger partial charge >= 0.3 is 0 Å². The van der Waals surface area contributed by atoms with Crippen LogP contribution in [-0.2, 0) is 6.54 Å². The molecule has 1 aliphatic rings. The number of nitrogens with zero attached hydrogens (tertiary/aromatic N) is 2. The number of fused-ring (bicyclic) bond motifs is 3. The first-order valence-corrected chi connectivity index (χ1v) is 10.3. The minimum atomic E-state index is -0.0216. The van der Waals surface area contributed by atoms with E-state index in [1.54, 1.807) is 11.3 Å². The van der Waals surface area contributed by atoms with Crippen molar-refractivity contribution in [3.8, 4) is 0 Å². The molecule has 5 heteroatoms. The number of aromatic nitrogens is 2. The summed E-state index contributed by atoms with van der Waals surface area (Å²) in [4.78, 5) is 23.7. The Balaban J connectivity index is 1.35. The number of hydrogen-bond donors (Lipinski definition) is 1. The van der Waals surface area contributed by atoms with Crippen LogP contribution in [0, 0.1) is 0 Å². The fraction of sp³-hybridized carbons (Fsp3) is 0.273. The molecule has 136 valence electrons. The Bertz CT molecular complexity index is 1140. The van der Waals surface area contributed by atoms with Crippen LogP contribution in [0.4, 0.5) is 0 Å². The minimum absolute atomic E-state index is 0.0216. The number of H-pyrrole nitrogens is 1. The van der Waals surface area contributed by atoms with Gasteiger partial charge in [-0.3, -0.25) is 9.69 Å². The highest BCUT2D eigenvalue weighted by Crippen LogP contribution is 2.31. The molecule has 0 aliphatic carbocycles. The van der Waals surface area contributed by atoms with Gasteiger partial charge in [-0.25, -0.2) is 4.98 Å². The maximum absolute atomic E-state index is 12.6. The predicted octanol–water partition coefficient (Wildman–Crippen LogP) is 4.52. The fourth-order valence-electron chi connectivity index (χ4n) is 4.11. The summed E-state index contributed by atoms with van der Waals surface area (Å²) in [6.07, 6.45) is 2.30. The van der Waals surface area contributed by atoms with E-state index in [2.05, 4.69) is 46.3 Å². The maximum atomic E-state index is 12.6. The first-order valence-electron chi connectivity index (χ1n) is 9.46. The smallest absolute Gasteiger partial charge is 0.260 e. The van der Waals surface area contributed by atoms with E-state index in [1.807, 2.05) is 18.2 Å². The zero-order valence-corrected chi connectivity index (χ0v) is 15.8. The highest BCUT2D eigenvalue weighted by atomic mass is 32.1. The van der Waals surface area contributed by atoms with E-state index in [0.717, 1.165) is 52.1 Å². The second-order valence-electron chi connectivity index (χ2n) is 7.25. The van der Waals surface area contributed by atoms with E-state index in [0.29, 0.717) is 12.5 Å². The number of thiophene rings is 1. The van der Waals surface area contributed by atoms with Crippen LogP contribution >= 0.6 is 11.3 Å². The van der Waals surface area contributed by atoms with Gasteiger partial charge in [-0.2, -0.15) is 0 Å². The summed E-state index contributed by atoms with van der Waals surface area (Å²) in [6, 6.07) is 18.8. The van der Waals surface area contributed by atoms with E-state index in [4.69, 9.17) is 4.98 Å². The van der Waals surface area contributed by atoms with E-state index >= 15 is 0 Å². The first-order chi connectivity index (χ1) is 13.3. The van der Waals surface area contributed by atoms with Crippen LogP contribution in [-0.4, -0.2) is 28.0 Å². The highest BCUT2D eigenvalue weighted by Gasteiger charge is 2.21. The van der Waals surface area contributed by atoms with Crippen molar-refractivity contribution in [2.75, 3.05) is 13.1 Å². The highest BCUT2D eigenvalue weighted by molar-refractivity contribution is 7.25. The molecule has 0 atom stereocenters. The van der Waals surface area contributed by atoms with Gasteiger partial charge in [0.2, 0.25) is 0 Å². The van der Waals surface area contributed by atoms with Crippen LogP contribution in [0.2, 0.25) is 0 Å². The lowest BCUT2D eigenvalue weighted by Gasteiger charge is -2.31. The molecular formula is C22H21N3OS. The zero-order valence-electron chi connectivity index (χ0n) is 15.0. The van der Waals surface area contributed by atoms with Gasteiger partial charge in [0, 0.05) is 10.1 Å². The molecule has 1 N–H and O–H groups in total. The van der Waals surface area contributed by atoms with Crippen LogP contribution in [0.15, 0.2) is 59.4 Å². The quantitative estimate of drug-likeness (QED) is 0.573. The monoisotopic (exact) mass is 375 g/mol. The van der Waals surface area contributed by atoms with Crippen LogP contribution in [0.3, 0.4) is 0 Å². The largest absolute Gasteiger partial charge is 0.309 e. The number of hydrogen-bond acceptors (Lipinski definition) is 4. The Kier molecular flexibility index (Phi) is 4.26. The molecule has 4 nitrogen and oxygen atoms in total. The molecule has 0 radical (unpaired) electrons. The van der Waals surface area contributed by atoms with Gasteiger partial charge < -0.3 is 4.98 Å². The third kappa shape index (κ3) is 3.17. The van der Waals surface area contributed by atoms with Crippen LogP contribution in [0.25, 0.3) is 20.3 Å². The van der Waals surface area contributed by atoms with Crippen molar-refractivity contribution in [1.82, 2.24) is 14.9 Å². The lowest BCUT2D eigenvalue weighted by atomic mass is 9.89. The molecule has 1 fully saturated rings. The molecule has 0 bridgehead atoms. The van der Waals surface area contributed by atoms with Crippen molar-refractivity contribution >= 4 is 31.6 Å². The van der Waals surface area contributed by atoms with Gasteiger partial charge in [-0.1, -0.05) is 48.5 Å². The molecule has 2 aromatic heterocycles. The minimum Gasteiger partial charge on any atom is -0.309 e. The molecule has 3 heterocycles. The zero-order chi connectivity index (χ0) is 18.2. The summed E-state index contributed by atoms with van der Waals surface area (Å²) in [5.74, 6) is 1.41. The Hall–Kier alpha value is -2.50. The second-order valence-corrected chi connectivity index (χ2v) is 8.28. The number of benzene rings is 2. The average molecular weight is 375 g/mol. The van der Waals surface area contributed by atoms with Gasteiger partial charge in [0.15, 0.2) is 0 Å². The molecule has 0 saturated carbocycles. The van der Waals surface area contributed by atoms with Gasteiger partial charge in [0.05, 0.1) is 11.9 Å². The lowest BCUT2D eigenvalue weighted by molar-refractivity contribution is 0.200. The van der Waals surface area contributed by atoms with E-state index < -0.39 is 0 Å². The van der Waals surface area contributed by atoms with Crippen molar-refractivity contribution in [2.24, 2.45) is 0 Å². The molecular weight excluding hydrogens is 354 g/mol. The summed E-state index contributed by atoms with van der Waals surface area (Å²) in [5.41, 5.74) is 1.42. The Labute approximate surface area is 161 Å². The van der Waals surface area contributed by atoms with Crippen molar-refractivity contribution in [3.05, 3.63) is 76.3 Å². The summed E-state index contributed by atoms with van der Waals surface area (Å²) in [5, 5.41) is 1.73. The normalized spacial score (nSPS) is 16.3. The van der Waals surface area contributed by atoms with Gasteiger partial charge in [-0.05, 0) is 43.5 Å². The molecule has 27 heavy (non-hydrogen) atoms. The van der Waals surface area contributed by atoms with Crippen LogP contribution in [0.1, 0.15) is 30.1 Å².